The Kier molecular flexibility index (Phi) is 4.99. The standard InChI is InChI=1S/C17H23N3S/c1-2-7-18-11-13-5-6-16-14(9-13)12-19-17(20-16)10-15-4-3-8-21-15/h3-4,8,12-13,18H,2,5-7,9-11H2,1H3. The third-order valence-electron chi connectivity index (χ3n) is 4.07. The van der Waals surface area contributed by atoms with Crippen LogP contribution in [0, 0.1) is 5.92 Å². The lowest BCUT2D eigenvalue weighted by atomic mass is 9.87. The lowest BCUT2D eigenvalue weighted by Crippen LogP contribution is -2.28. The Morgan fingerprint density at radius 3 is 3.19 bits per heavy atom. The van der Waals surface area contributed by atoms with Gasteiger partial charge in [0.25, 0.3) is 0 Å². The van der Waals surface area contributed by atoms with E-state index in [4.69, 9.17) is 4.98 Å². The van der Waals surface area contributed by atoms with Crippen molar-refractivity contribution < 1.29 is 0 Å². The van der Waals surface area contributed by atoms with Crippen molar-refractivity contribution in [3.63, 3.8) is 0 Å². The summed E-state index contributed by atoms with van der Waals surface area (Å²) in [5, 5.41) is 5.65. The minimum atomic E-state index is 0.746. The Bertz CT molecular complexity index is 565. The van der Waals surface area contributed by atoms with Crippen LogP contribution in [-0.4, -0.2) is 23.1 Å². The molecule has 0 aliphatic heterocycles. The van der Waals surface area contributed by atoms with Crippen LogP contribution in [0.15, 0.2) is 23.7 Å². The second-order valence-electron chi connectivity index (χ2n) is 5.83. The van der Waals surface area contributed by atoms with Gasteiger partial charge >= 0.3 is 0 Å². The second kappa shape index (κ2) is 7.14. The highest BCUT2D eigenvalue weighted by Crippen LogP contribution is 2.24. The first-order chi connectivity index (χ1) is 10.3. The van der Waals surface area contributed by atoms with Crippen LogP contribution in [-0.2, 0) is 19.3 Å². The summed E-state index contributed by atoms with van der Waals surface area (Å²) in [6, 6.07) is 4.25. The first-order valence-electron chi connectivity index (χ1n) is 7.92. The molecular weight excluding hydrogens is 278 g/mol. The lowest BCUT2D eigenvalue weighted by Gasteiger charge is -2.24. The predicted molar refractivity (Wildman–Crippen MR) is 87.8 cm³/mol. The Balaban J connectivity index is 1.62. The number of aryl methyl sites for hydroxylation is 1. The summed E-state index contributed by atoms with van der Waals surface area (Å²) < 4.78 is 0. The number of aromatic nitrogens is 2. The zero-order chi connectivity index (χ0) is 14.5. The number of fused-ring (bicyclic) bond motifs is 1. The van der Waals surface area contributed by atoms with Gasteiger partial charge in [0.2, 0.25) is 0 Å². The summed E-state index contributed by atoms with van der Waals surface area (Å²) in [5.74, 6) is 1.72. The normalized spacial score (nSPS) is 17.7. The van der Waals surface area contributed by atoms with Crippen molar-refractivity contribution in [3.05, 3.63) is 45.7 Å². The van der Waals surface area contributed by atoms with Gasteiger partial charge < -0.3 is 5.32 Å². The maximum Gasteiger partial charge on any atom is 0.133 e. The molecular formula is C17H23N3S. The molecule has 0 spiro atoms. The first-order valence-corrected chi connectivity index (χ1v) is 8.80. The van der Waals surface area contributed by atoms with Crippen LogP contribution in [0.4, 0.5) is 0 Å². The fourth-order valence-electron chi connectivity index (χ4n) is 2.94. The van der Waals surface area contributed by atoms with Gasteiger partial charge in [-0.3, -0.25) is 0 Å². The molecule has 1 atom stereocenters. The van der Waals surface area contributed by atoms with Crippen LogP contribution in [0.25, 0.3) is 0 Å². The van der Waals surface area contributed by atoms with E-state index in [1.54, 1.807) is 11.3 Å². The van der Waals surface area contributed by atoms with E-state index in [1.807, 2.05) is 0 Å². The minimum absolute atomic E-state index is 0.746. The van der Waals surface area contributed by atoms with E-state index in [0.29, 0.717) is 0 Å². The van der Waals surface area contributed by atoms with Crippen LogP contribution < -0.4 is 5.32 Å². The fourth-order valence-corrected chi connectivity index (χ4v) is 3.64. The Labute approximate surface area is 130 Å². The molecule has 2 aromatic rings. The van der Waals surface area contributed by atoms with E-state index in [2.05, 4.69) is 40.9 Å². The van der Waals surface area contributed by atoms with Gasteiger partial charge in [-0.2, -0.15) is 0 Å². The van der Waals surface area contributed by atoms with Gasteiger partial charge in [0.05, 0.1) is 0 Å². The molecule has 4 heteroatoms. The number of nitrogens with zero attached hydrogens (tertiary/aromatic N) is 2. The molecule has 0 bridgehead atoms. The van der Waals surface area contributed by atoms with Gasteiger partial charge in [-0.25, -0.2) is 9.97 Å². The van der Waals surface area contributed by atoms with Gasteiger partial charge in [-0.15, -0.1) is 11.3 Å². The van der Waals surface area contributed by atoms with E-state index in [9.17, 15) is 0 Å². The molecule has 1 aliphatic carbocycles. The molecule has 21 heavy (non-hydrogen) atoms. The SMILES string of the molecule is CCCNCC1CCc2nc(Cc3cccs3)ncc2C1. The van der Waals surface area contributed by atoms with Crippen molar-refractivity contribution in [3.8, 4) is 0 Å². The van der Waals surface area contributed by atoms with Gasteiger partial charge in [0.1, 0.15) is 5.82 Å². The number of rotatable bonds is 6. The molecule has 0 saturated heterocycles. The monoisotopic (exact) mass is 301 g/mol. The molecule has 0 amide bonds. The van der Waals surface area contributed by atoms with E-state index < -0.39 is 0 Å². The minimum Gasteiger partial charge on any atom is -0.316 e. The van der Waals surface area contributed by atoms with Crippen LogP contribution in [0.2, 0.25) is 0 Å². The molecule has 1 N–H and O–H groups in total. The molecule has 0 saturated carbocycles. The van der Waals surface area contributed by atoms with Crippen LogP contribution >= 0.6 is 11.3 Å². The highest BCUT2D eigenvalue weighted by molar-refractivity contribution is 7.09. The van der Waals surface area contributed by atoms with Crippen molar-refractivity contribution >= 4 is 11.3 Å². The molecule has 0 aromatic carbocycles. The Hall–Kier alpha value is -1.26. The third-order valence-corrected chi connectivity index (χ3v) is 4.95. The van der Waals surface area contributed by atoms with Gasteiger partial charge in [0.15, 0.2) is 0 Å². The zero-order valence-corrected chi connectivity index (χ0v) is 13.5. The summed E-state index contributed by atoms with van der Waals surface area (Å²) >= 11 is 1.78. The van der Waals surface area contributed by atoms with Crippen LogP contribution in [0.5, 0.6) is 0 Å². The van der Waals surface area contributed by atoms with Crippen molar-refractivity contribution in [2.24, 2.45) is 5.92 Å². The van der Waals surface area contributed by atoms with E-state index in [-0.39, 0.29) is 0 Å². The number of nitrogens with one attached hydrogen (secondary N) is 1. The topological polar surface area (TPSA) is 37.8 Å². The van der Waals surface area contributed by atoms with Crippen molar-refractivity contribution in [1.29, 1.82) is 0 Å². The molecule has 0 fully saturated rings. The number of thiophene rings is 1. The predicted octanol–water partition coefficient (Wildman–Crippen LogP) is 3.23. The van der Waals surface area contributed by atoms with E-state index >= 15 is 0 Å². The molecule has 2 aromatic heterocycles. The Morgan fingerprint density at radius 1 is 1.43 bits per heavy atom. The Morgan fingerprint density at radius 2 is 2.38 bits per heavy atom. The summed E-state index contributed by atoms with van der Waals surface area (Å²) in [7, 11) is 0. The maximum atomic E-state index is 4.79. The molecule has 0 radical (unpaired) electrons. The van der Waals surface area contributed by atoms with E-state index in [0.717, 1.165) is 44.1 Å². The summed E-state index contributed by atoms with van der Waals surface area (Å²) in [6.45, 7) is 4.47. The van der Waals surface area contributed by atoms with Crippen molar-refractivity contribution in [2.45, 2.75) is 39.0 Å². The summed E-state index contributed by atoms with van der Waals surface area (Å²) in [4.78, 5) is 10.7. The maximum absolute atomic E-state index is 4.79. The second-order valence-corrected chi connectivity index (χ2v) is 6.86. The van der Waals surface area contributed by atoms with Gasteiger partial charge in [-0.05, 0) is 61.7 Å². The molecule has 1 unspecified atom stereocenters. The van der Waals surface area contributed by atoms with Gasteiger partial charge in [-0.1, -0.05) is 13.0 Å². The average Bonchev–Trinajstić information content (AvgIpc) is 3.00. The summed E-state index contributed by atoms with van der Waals surface area (Å²) in [5.41, 5.74) is 2.64. The van der Waals surface area contributed by atoms with Crippen molar-refractivity contribution in [1.82, 2.24) is 15.3 Å². The average molecular weight is 301 g/mol. The number of hydrogen-bond acceptors (Lipinski definition) is 4. The molecule has 1 aliphatic rings. The van der Waals surface area contributed by atoms with Crippen LogP contribution in [0.3, 0.4) is 0 Å². The highest BCUT2D eigenvalue weighted by Gasteiger charge is 2.20. The molecule has 112 valence electrons. The third kappa shape index (κ3) is 3.89. The first kappa shape index (κ1) is 14.7. The van der Waals surface area contributed by atoms with Crippen molar-refractivity contribution in [2.75, 3.05) is 13.1 Å². The smallest absolute Gasteiger partial charge is 0.133 e. The lowest BCUT2D eigenvalue weighted by molar-refractivity contribution is 0.419. The number of hydrogen-bond donors (Lipinski definition) is 1. The fraction of sp³-hybridized carbons (Fsp3) is 0.529. The quantitative estimate of drug-likeness (QED) is 0.832. The summed E-state index contributed by atoms with van der Waals surface area (Å²) in [6.07, 6.45) is 7.63. The largest absolute Gasteiger partial charge is 0.316 e. The van der Waals surface area contributed by atoms with Gasteiger partial charge in [0, 0.05) is 23.2 Å². The molecule has 2 heterocycles. The highest BCUT2D eigenvalue weighted by atomic mass is 32.1. The zero-order valence-electron chi connectivity index (χ0n) is 12.6. The molecule has 3 rings (SSSR count). The van der Waals surface area contributed by atoms with E-state index in [1.165, 1.54) is 29.0 Å². The van der Waals surface area contributed by atoms with Crippen LogP contribution in [0.1, 0.15) is 41.7 Å². The molecule has 3 nitrogen and oxygen atoms in total.